The third-order valence-corrected chi connectivity index (χ3v) is 2.29. The van der Waals surface area contributed by atoms with Crippen molar-refractivity contribution >= 4 is 0 Å². The number of nitrogens with zero attached hydrogens (tertiary/aromatic N) is 2. The van der Waals surface area contributed by atoms with Crippen LogP contribution in [0.5, 0.6) is 0 Å². The molecule has 0 aromatic heterocycles. The molecule has 1 unspecified atom stereocenters. The van der Waals surface area contributed by atoms with Crippen molar-refractivity contribution in [2.45, 2.75) is 26.4 Å². The fraction of sp³-hybridized carbons (Fsp3) is 0.800. The molecule has 0 aromatic carbocycles. The van der Waals surface area contributed by atoms with E-state index in [1.165, 1.54) is 0 Å². The largest absolute Gasteiger partial charge is 0.377 e. The van der Waals surface area contributed by atoms with E-state index >= 15 is 0 Å². The second-order valence-corrected chi connectivity index (χ2v) is 3.60. The molecule has 13 heavy (non-hydrogen) atoms. The maximum absolute atomic E-state index is 5.59. The van der Waals surface area contributed by atoms with Gasteiger partial charge in [-0.2, -0.15) is 0 Å². The first-order chi connectivity index (χ1) is 6.22. The fourth-order valence-corrected chi connectivity index (χ4v) is 1.22. The minimum Gasteiger partial charge on any atom is -0.377 e. The number of ether oxygens (including phenoxy) is 1. The van der Waals surface area contributed by atoms with Crippen LogP contribution in [0.25, 0.3) is 0 Å². The zero-order valence-corrected chi connectivity index (χ0v) is 8.86. The minimum atomic E-state index is 0.393. The Hall–Kier alpha value is -0.700. The summed E-state index contributed by atoms with van der Waals surface area (Å²) >= 11 is 0. The second-order valence-electron chi connectivity index (χ2n) is 3.60. The summed E-state index contributed by atoms with van der Waals surface area (Å²) in [7, 11) is 2.08. The molecule has 0 N–H and O–H groups in total. The van der Waals surface area contributed by atoms with E-state index in [1.807, 2.05) is 0 Å². The molecule has 1 aliphatic heterocycles. The normalized spacial score (nSPS) is 18.4. The fourth-order valence-electron chi connectivity index (χ4n) is 1.22. The molecular weight excluding hydrogens is 164 g/mol. The van der Waals surface area contributed by atoms with Gasteiger partial charge in [0.1, 0.15) is 0 Å². The number of hydrogen-bond acceptors (Lipinski definition) is 3. The van der Waals surface area contributed by atoms with Gasteiger partial charge in [0.15, 0.2) is 0 Å². The van der Waals surface area contributed by atoms with Crippen molar-refractivity contribution in [3.63, 3.8) is 0 Å². The van der Waals surface area contributed by atoms with Crippen LogP contribution in [0.1, 0.15) is 20.3 Å². The van der Waals surface area contributed by atoms with Crippen LogP contribution < -0.4 is 0 Å². The van der Waals surface area contributed by atoms with Crippen LogP contribution >= 0.6 is 0 Å². The standard InChI is InChI=1S/C10H20N2O/c1-4-10(2)13-8-7-12-6-5-11(3)9-12/h5-6,10H,4,7-9H2,1-3H3. The highest BCUT2D eigenvalue weighted by atomic mass is 16.5. The van der Waals surface area contributed by atoms with Crippen LogP contribution in [-0.2, 0) is 4.74 Å². The Morgan fingerprint density at radius 3 is 2.77 bits per heavy atom. The van der Waals surface area contributed by atoms with E-state index in [1.54, 1.807) is 0 Å². The third-order valence-electron chi connectivity index (χ3n) is 2.29. The highest BCUT2D eigenvalue weighted by Crippen LogP contribution is 2.03. The molecule has 1 heterocycles. The Kier molecular flexibility index (Phi) is 4.09. The summed E-state index contributed by atoms with van der Waals surface area (Å²) in [5.74, 6) is 0. The lowest BCUT2D eigenvalue weighted by Crippen LogP contribution is -2.26. The Balaban J connectivity index is 2.04. The zero-order valence-electron chi connectivity index (χ0n) is 8.86. The summed E-state index contributed by atoms with van der Waals surface area (Å²) in [5.41, 5.74) is 0. The van der Waals surface area contributed by atoms with Crippen molar-refractivity contribution in [2.24, 2.45) is 0 Å². The molecule has 0 bridgehead atoms. The van der Waals surface area contributed by atoms with Crippen molar-refractivity contribution in [3.05, 3.63) is 12.4 Å². The summed E-state index contributed by atoms with van der Waals surface area (Å²) in [6, 6.07) is 0. The van der Waals surface area contributed by atoms with Gasteiger partial charge in [-0.25, -0.2) is 0 Å². The predicted octanol–water partition coefficient (Wildman–Crippen LogP) is 1.48. The molecule has 0 aromatic rings. The SMILES string of the molecule is CCC(C)OCCN1C=CN(C)C1. The molecule has 1 aliphatic rings. The van der Waals surface area contributed by atoms with E-state index in [9.17, 15) is 0 Å². The Labute approximate surface area is 81.0 Å². The second kappa shape index (κ2) is 5.12. The first-order valence-electron chi connectivity index (χ1n) is 4.96. The molecule has 0 saturated heterocycles. The molecule has 1 rings (SSSR count). The molecule has 0 radical (unpaired) electrons. The van der Waals surface area contributed by atoms with Crippen LogP contribution in [0.3, 0.4) is 0 Å². The lowest BCUT2D eigenvalue weighted by Gasteiger charge is -2.19. The quantitative estimate of drug-likeness (QED) is 0.643. The van der Waals surface area contributed by atoms with E-state index in [0.29, 0.717) is 6.10 Å². The zero-order chi connectivity index (χ0) is 9.68. The molecule has 1 atom stereocenters. The van der Waals surface area contributed by atoms with Gasteiger partial charge in [0.2, 0.25) is 0 Å². The lowest BCUT2D eigenvalue weighted by atomic mass is 10.3. The van der Waals surface area contributed by atoms with Crippen LogP contribution in [0.15, 0.2) is 12.4 Å². The van der Waals surface area contributed by atoms with Crippen LogP contribution in [0.4, 0.5) is 0 Å². The Bertz CT molecular complexity index is 170. The predicted molar refractivity (Wildman–Crippen MR) is 54.2 cm³/mol. The maximum Gasteiger partial charge on any atom is 0.0891 e. The summed E-state index contributed by atoms with van der Waals surface area (Å²) in [6.07, 6.45) is 5.68. The Morgan fingerprint density at radius 2 is 2.23 bits per heavy atom. The van der Waals surface area contributed by atoms with Gasteiger partial charge >= 0.3 is 0 Å². The number of rotatable bonds is 5. The average Bonchev–Trinajstić information content (AvgIpc) is 2.51. The van der Waals surface area contributed by atoms with Gasteiger partial charge in [-0.3, -0.25) is 0 Å². The molecule has 3 nitrogen and oxygen atoms in total. The molecule has 76 valence electrons. The molecule has 0 aliphatic carbocycles. The van der Waals surface area contributed by atoms with E-state index in [0.717, 1.165) is 26.2 Å². The summed E-state index contributed by atoms with van der Waals surface area (Å²) in [6.45, 7) is 7.07. The summed E-state index contributed by atoms with van der Waals surface area (Å²) in [4.78, 5) is 4.41. The van der Waals surface area contributed by atoms with Crippen molar-refractivity contribution < 1.29 is 4.74 Å². The smallest absolute Gasteiger partial charge is 0.0891 e. The molecule has 0 amide bonds. The average molecular weight is 184 g/mol. The Morgan fingerprint density at radius 1 is 1.46 bits per heavy atom. The molecule has 0 fully saturated rings. The lowest BCUT2D eigenvalue weighted by molar-refractivity contribution is 0.0515. The van der Waals surface area contributed by atoms with Crippen molar-refractivity contribution in [1.29, 1.82) is 0 Å². The molecule has 3 heteroatoms. The number of hydrogen-bond donors (Lipinski definition) is 0. The van der Waals surface area contributed by atoms with E-state index < -0.39 is 0 Å². The highest BCUT2D eigenvalue weighted by Gasteiger charge is 2.07. The first kappa shape index (κ1) is 10.4. The van der Waals surface area contributed by atoms with Crippen LogP contribution in [-0.4, -0.2) is 42.8 Å². The van der Waals surface area contributed by atoms with Gasteiger partial charge in [0, 0.05) is 26.0 Å². The molecule has 0 spiro atoms. The van der Waals surface area contributed by atoms with Gasteiger partial charge in [-0.15, -0.1) is 0 Å². The molecular formula is C10H20N2O. The third kappa shape index (κ3) is 3.68. The van der Waals surface area contributed by atoms with Crippen molar-refractivity contribution in [3.8, 4) is 0 Å². The highest BCUT2D eigenvalue weighted by molar-refractivity contribution is 4.88. The van der Waals surface area contributed by atoms with Crippen molar-refractivity contribution in [2.75, 3.05) is 26.9 Å². The van der Waals surface area contributed by atoms with Gasteiger partial charge in [-0.05, 0) is 13.3 Å². The van der Waals surface area contributed by atoms with Gasteiger partial charge < -0.3 is 14.5 Å². The van der Waals surface area contributed by atoms with Gasteiger partial charge in [0.05, 0.1) is 19.4 Å². The topological polar surface area (TPSA) is 15.7 Å². The van der Waals surface area contributed by atoms with Gasteiger partial charge in [-0.1, -0.05) is 6.92 Å². The van der Waals surface area contributed by atoms with Crippen molar-refractivity contribution in [1.82, 2.24) is 9.80 Å². The van der Waals surface area contributed by atoms with E-state index in [-0.39, 0.29) is 0 Å². The van der Waals surface area contributed by atoms with E-state index in [4.69, 9.17) is 4.74 Å². The monoisotopic (exact) mass is 184 g/mol. The molecule has 0 saturated carbocycles. The van der Waals surface area contributed by atoms with Gasteiger partial charge in [0.25, 0.3) is 0 Å². The van der Waals surface area contributed by atoms with E-state index in [2.05, 4.69) is 43.1 Å². The maximum atomic E-state index is 5.59. The van der Waals surface area contributed by atoms with Crippen LogP contribution in [0, 0.1) is 0 Å². The first-order valence-corrected chi connectivity index (χ1v) is 4.96. The summed E-state index contributed by atoms with van der Waals surface area (Å²) < 4.78 is 5.59. The summed E-state index contributed by atoms with van der Waals surface area (Å²) in [5, 5.41) is 0. The van der Waals surface area contributed by atoms with Crippen LogP contribution in [0.2, 0.25) is 0 Å². The minimum absolute atomic E-state index is 0.393.